The first-order valence-electron chi connectivity index (χ1n) is 6.62. The summed E-state index contributed by atoms with van der Waals surface area (Å²) in [5, 5.41) is 0. The predicted molar refractivity (Wildman–Crippen MR) is 75.1 cm³/mol. The Hall–Kier alpha value is -0.860. The second kappa shape index (κ2) is 6.77. The molecule has 0 aliphatic carbocycles. The van der Waals surface area contributed by atoms with Crippen LogP contribution in [0.25, 0.3) is 0 Å². The molecule has 0 saturated heterocycles. The average Bonchev–Trinajstić information content (AvgIpc) is 2.31. The molecule has 96 valence electrons. The Bertz CT molecular complexity index is 316. The van der Waals surface area contributed by atoms with E-state index < -0.39 is 0 Å². The lowest BCUT2D eigenvalue weighted by Crippen LogP contribution is -2.39. The zero-order valence-corrected chi connectivity index (χ0v) is 11.6. The van der Waals surface area contributed by atoms with Crippen LogP contribution in [0.3, 0.4) is 0 Å². The Morgan fingerprint density at radius 3 is 2.18 bits per heavy atom. The van der Waals surface area contributed by atoms with Crippen LogP contribution in [0.15, 0.2) is 24.3 Å². The predicted octanol–water partition coefficient (Wildman–Crippen LogP) is 3.12. The number of hydrogen-bond acceptors (Lipinski definition) is 2. The molecule has 1 unspecified atom stereocenters. The zero-order valence-electron chi connectivity index (χ0n) is 11.6. The molecule has 0 heterocycles. The number of nitrogens with zero attached hydrogens (tertiary/aromatic N) is 1. The number of aryl methyl sites for hydroxylation is 1. The van der Waals surface area contributed by atoms with Gasteiger partial charge in [0.05, 0.1) is 0 Å². The number of hydrogen-bond donors (Lipinski definition) is 1. The molecule has 0 aliphatic heterocycles. The van der Waals surface area contributed by atoms with Gasteiger partial charge in [-0.05, 0) is 39.3 Å². The molecule has 2 heteroatoms. The van der Waals surface area contributed by atoms with E-state index >= 15 is 0 Å². The summed E-state index contributed by atoms with van der Waals surface area (Å²) in [7, 11) is 0. The van der Waals surface area contributed by atoms with Crippen LogP contribution >= 0.6 is 0 Å². The van der Waals surface area contributed by atoms with Crippen molar-refractivity contribution in [3.8, 4) is 0 Å². The molecule has 0 bridgehead atoms. The van der Waals surface area contributed by atoms with Crippen LogP contribution < -0.4 is 5.73 Å². The van der Waals surface area contributed by atoms with E-state index in [2.05, 4.69) is 56.9 Å². The van der Waals surface area contributed by atoms with E-state index in [1.165, 1.54) is 17.5 Å². The van der Waals surface area contributed by atoms with Crippen molar-refractivity contribution in [2.45, 2.75) is 46.2 Å². The van der Waals surface area contributed by atoms with Crippen molar-refractivity contribution in [1.82, 2.24) is 4.90 Å². The Balaban J connectivity index is 2.91. The maximum Gasteiger partial charge on any atom is 0.0473 e. The van der Waals surface area contributed by atoms with Crippen LogP contribution in [0.5, 0.6) is 0 Å². The van der Waals surface area contributed by atoms with Gasteiger partial charge >= 0.3 is 0 Å². The van der Waals surface area contributed by atoms with Crippen LogP contribution in [0.1, 0.15) is 44.4 Å². The van der Waals surface area contributed by atoms with Gasteiger partial charge in [-0.3, -0.25) is 4.90 Å². The summed E-state index contributed by atoms with van der Waals surface area (Å²) in [4.78, 5) is 2.49. The van der Waals surface area contributed by atoms with E-state index in [1.807, 2.05) is 0 Å². The van der Waals surface area contributed by atoms with Crippen molar-refractivity contribution in [1.29, 1.82) is 0 Å². The van der Waals surface area contributed by atoms with Crippen LogP contribution in [0.4, 0.5) is 0 Å². The largest absolute Gasteiger partial charge is 0.329 e. The quantitative estimate of drug-likeness (QED) is 0.819. The van der Waals surface area contributed by atoms with Gasteiger partial charge in [0.1, 0.15) is 0 Å². The van der Waals surface area contributed by atoms with Crippen molar-refractivity contribution in [3.05, 3.63) is 35.4 Å². The molecular formula is C15H26N2. The monoisotopic (exact) mass is 234 g/mol. The van der Waals surface area contributed by atoms with Gasteiger partial charge < -0.3 is 5.73 Å². The first-order chi connectivity index (χ1) is 8.10. The van der Waals surface area contributed by atoms with Gasteiger partial charge in [0.25, 0.3) is 0 Å². The van der Waals surface area contributed by atoms with Crippen molar-refractivity contribution in [3.63, 3.8) is 0 Å². The minimum Gasteiger partial charge on any atom is -0.329 e. The van der Waals surface area contributed by atoms with E-state index in [1.54, 1.807) is 0 Å². The number of rotatable bonds is 6. The van der Waals surface area contributed by atoms with Crippen LogP contribution in [-0.4, -0.2) is 24.0 Å². The van der Waals surface area contributed by atoms with Crippen molar-refractivity contribution in [2.24, 2.45) is 5.73 Å². The van der Waals surface area contributed by atoms with Gasteiger partial charge in [0, 0.05) is 18.6 Å². The van der Waals surface area contributed by atoms with E-state index in [-0.39, 0.29) is 0 Å². The molecule has 17 heavy (non-hydrogen) atoms. The fourth-order valence-corrected chi connectivity index (χ4v) is 2.28. The van der Waals surface area contributed by atoms with E-state index in [0.29, 0.717) is 18.6 Å². The fraction of sp³-hybridized carbons (Fsp3) is 0.600. The minimum atomic E-state index is 0.343. The molecule has 0 radical (unpaired) electrons. The molecule has 2 nitrogen and oxygen atoms in total. The topological polar surface area (TPSA) is 29.3 Å². The van der Waals surface area contributed by atoms with Crippen molar-refractivity contribution in [2.75, 3.05) is 13.1 Å². The molecule has 0 aromatic heterocycles. The molecule has 0 fully saturated rings. The third-order valence-electron chi connectivity index (χ3n) is 3.23. The third-order valence-corrected chi connectivity index (χ3v) is 3.23. The second-order valence-electron chi connectivity index (χ2n) is 4.99. The molecule has 0 saturated carbocycles. The maximum atomic E-state index is 5.97. The van der Waals surface area contributed by atoms with Gasteiger partial charge in [0.15, 0.2) is 0 Å². The highest BCUT2D eigenvalue weighted by atomic mass is 15.2. The van der Waals surface area contributed by atoms with Crippen molar-refractivity contribution < 1.29 is 0 Å². The summed E-state index contributed by atoms with van der Waals surface area (Å²) >= 11 is 0. The minimum absolute atomic E-state index is 0.343. The van der Waals surface area contributed by atoms with Crippen LogP contribution in [0, 0.1) is 6.92 Å². The molecule has 1 aromatic carbocycles. The van der Waals surface area contributed by atoms with Gasteiger partial charge in [-0.25, -0.2) is 0 Å². The molecule has 1 rings (SSSR count). The first kappa shape index (κ1) is 14.2. The zero-order chi connectivity index (χ0) is 12.8. The normalized spacial score (nSPS) is 13.4. The smallest absolute Gasteiger partial charge is 0.0473 e. The first-order valence-corrected chi connectivity index (χ1v) is 6.62. The summed E-state index contributed by atoms with van der Waals surface area (Å²) < 4.78 is 0. The van der Waals surface area contributed by atoms with Crippen molar-refractivity contribution >= 4 is 0 Å². The van der Waals surface area contributed by atoms with Gasteiger partial charge in [0.2, 0.25) is 0 Å². The highest BCUT2D eigenvalue weighted by Gasteiger charge is 2.20. The maximum absolute atomic E-state index is 5.97. The van der Waals surface area contributed by atoms with Gasteiger partial charge in [-0.2, -0.15) is 0 Å². The highest BCUT2D eigenvalue weighted by molar-refractivity contribution is 5.24. The Morgan fingerprint density at radius 2 is 1.76 bits per heavy atom. The third kappa shape index (κ3) is 3.83. The molecule has 2 N–H and O–H groups in total. The van der Waals surface area contributed by atoms with E-state index in [4.69, 9.17) is 5.73 Å². The number of nitrogens with two attached hydrogens (primary N) is 1. The fourth-order valence-electron chi connectivity index (χ4n) is 2.28. The molecular weight excluding hydrogens is 208 g/mol. The summed E-state index contributed by atoms with van der Waals surface area (Å²) in [5.74, 6) is 0. The average molecular weight is 234 g/mol. The molecule has 1 aromatic rings. The summed E-state index contributed by atoms with van der Waals surface area (Å²) in [6, 6.07) is 9.63. The lowest BCUT2D eigenvalue weighted by molar-refractivity contribution is 0.157. The summed E-state index contributed by atoms with van der Waals surface area (Å²) in [6.07, 6.45) is 1.17. The summed E-state index contributed by atoms with van der Waals surface area (Å²) in [5.41, 5.74) is 8.61. The Labute approximate surface area is 106 Å². The molecule has 0 amide bonds. The summed E-state index contributed by atoms with van der Waals surface area (Å²) in [6.45, 7) is 10.6. The van der Waals surface area contributed by atoms with Crippen LogP contribution in [-0.2, 0) is 0 Å². The Kier molecular flexibility index (Phi) is 5.66. The lowest BCUT2D eigenvalue weighted by atomic mass is 10.0. The Morgan fingerprint density at radius 1 is 1.18 bits per heavy atom. The van der Waals surface area contributed by atoms with Gasteiger partial charge in [-0.1, -0.05) is 36.8 Å². The SMILES string of the molecule is CCCN(C(C)C)C(CN)c1ccc(C)cc1. The molecule has 0 spiro atoms. The number of benzene rings is 1. The highest BCUT2D eigenvalue weighted by Crippen LogP contribution is 2.22. The van der Waals surface area contributed by atoms with Crippen LogP contribution in [0.2, 0.25) is 0 Å². The molecule has 1 atom stereocenters. The van der Waals surface area contributed by atoms with E-state index in [9.17, 15) is 0 Å². The second-order valence-corrected chi connectivity index (χ2v) is 4.99. The van der Waals surface area contributed by atoms with Gasteiger partial charge in [-0.15, -0.1) is 0 Å². The van der Waals surface area contributed by atoms with E-state index in [0.717, 1.165) is 6.54 Å². The molecule has 0 aliphatic rings. The lowest BCUT2D eigenvalue weighted by Gasteiger charge is -2.34. The standard InChI is InChI=1S/C15H26N2/c1-5-10-17(12(2)3)15(11-16)14-8-6-13(4)7-9-14/h6-9,12,15H,5,10-11,16H2,1-4H3.